The van der Waals surface area contributed by atoms with Crippen LogP contribution < -0.4 is 4.50 Å². The summed E-state index contributed by atoms with van der Waals surface area (Å²) in [6, 6.07) is 7.71. The van der Waals surface area contributed by atoms with Crippen LogP contribution in [0.4, 0.5) is 0 Å². The summed E-state index contributed by atoms with van der Waals surface area (Å²) in [5.41, 5.74) is 0.332. The zero-order chi connectivity index (χ0) is 18.7. The van der Waals surface area contributed by atoms with Crippen LogP contribution in [-0.4, -0.2) is 19.6 Å². The Labute approximate surface area is 156 Å². The van der Waals surface area contributed by atoms with Crippen molar-refractivity contribution in [3.8, 4) is 6.07 Å². The normalized spacial score (nSPS) is 17.7. The minimum absolute atomic E-state index is 0.130. The fourth-order valence-electron chi connectivity index (χ4n) is 3.01. The van der Waals surface area contributed by atoms with Gasteiger partial charge in [-0.1, -0.05) is 51.0 Å². The van der Waals surface area contributed by atoms with E-state index in [4.69, 9.17) is 4.74 Å². The number of cyclic esters (lactones) is 1. The Balaban J connectivity index is 2.22. The van der Waals surface area contributed by atoms with Gasteiger partial charge in [-0.05, 0) is 36.1 Å². The van der Waals surface area contributed by atoms with E-state index >= 15 is 0 Å². The van der Waals surface area contributed by atoms with E-state index in [0.717, 1.165) is 5.57 Å². The summed E-state index contributed by atoms with van der Waals surface area (Å²) in [5.74, 6) is -0.515. The van der Waals surface area contributed by atoms with Gasteiger partial charge in [0.25, 0.3) is 0 Å². The maximum atomic E-state index is 12.0. The van der Waals surface area contributed by atoms with Crippen LogP contribution in [-0.2, 0) is 9.53 Å². The van der Waals surface area contributed by atoms with Crippen LogP contribution >= 0.6 is 11.3 Å². The van der Waals surface area contributed by atoms with Gasteiger partial charge in [0.1, 0.15) is 17.2 Å². The summed E-state index contributed by atoms with van der Waals surface area (Å²) in [6.45, 7) is 10.8. The van der Waals surface area contributed by atoms with Crippen molar-refractivity contribution >= 4 is 36.0 Å². The molecule has 0 radical (unpaired) electrons. The first-order chi connectivity index (χ1) is 11.7. The van der Waals surface area contributed by atoms with E-state index in [0.29, 0.717) is 6.42 Å². The largest absolute Gasteiger partial charge is 0.455 e. The Kier molecular flexibility index (Phi) is 6.07. The van der Waals surface area contributed by atoms with Crippen LogP contribution in [0.5, 0.6) is 0 Å². The van der Waals surface area contributed by atoms with Crippen LogP contribution in [0, 0.1) is 11.3 Å². The number of carbonyl (C=O) groups is 1. The number of hydrogen-bond donors (Lipinski definition) is 0. The summed E-state index contributed by atoms with van der Waals surface area (Å²) in [5, 5.41) is 9.26. The lowest BCUT2D eigenvalue weighted by Gasteiger charge is -2.30. The van der Waals surface area contributed by atoms with E-state index < -0.39 is 19.6 Å². The van der Waals surface area contributed by atoms with E-state index in [1.165, 1.54) is 28.3 Å². The Hall–Kier alpha value is -1.64. The fourth-order valence-corrected chi connectivity index (χ4v) is 7.45. The number of rotatable bonds is 6. The van der Waals surface area contributed by atoms with E-state index in [-0.39, 0.29) is 5.57 Å². The standard InChI is InChI=1S/C20H27NO2SSi/c1-6-7-12-25(4,5)18-11-10-16(24-18)9-8-15-13-20(2,3)23-19(22)17(15)14-21/h8-11H,6-7,12-13H2,1-5H3/b9-8+. The average molecular weight is 374 g/mol. The fraction of sp³-hybridized carbons (Fsp3) is 0.500. The smallest absolute Gasteiger partial charge is 0.349 e. The monoisotopic (exact) mass is 373 g/mol. The van der Waals surface area contributed by atoms with Crippen LogP contribution in [0.3, 0.4) is 0 Å². The lowest BCUT2D eigenvalue weighted by Crippen LogP contribution is -2.38. The summed E-state index contributed by atoms with van der Waals surface area (Å²) in [4.78, 5) is 13.1. The van der Waals surface area contributed by atoms with Crippen LogP contribution in [0.15, 0.2) is 29.4 Å². The molecular formula is C20H27NO2SSi. The summed E-state index contributed by atoms with van der Waals surface area (Å²) in [7, 11) is -1.36. The van der Waals surface area contributed by atoms with E-state index in [1.54, 1.807) is 0 Å². The number of hydrogen-bond acceptors (Lipinski definition) is 4. The number of nitrogens with zero attached hydrogens (tertiary/aromatic N) is 1. The minimum Gasteiger partial charge on any atom is -0.455 e. The van der Waals surface area contributed by atoms with Crippen molar-refractivity contribution in [2.24, 2.45) is 0 Å². The second-order valence-corrected chi connectivity index (χ2v) is 14.1. The van der Waals surface area contributed by atoms with Crippen molar-refractivity contribution < 1.29 is 9.53 Å². The molecule has 0 aliphatic carbocycles. The Morgan fingerprint density at radius 1 is 1.36 bits per heavy atom. The van der Waals surface area contributed by atoms with Crippen molar-refractivity contribution in [1.29, 1.82) is 5.26 Å². The molecule has 1 aromatic rings. The molecule has 2 heterocycles. The highest BCUT2D eigenvalue weighted by Crippen LogP contribution is 2.31. The van der Waals surface area contributed by atoms with Gasteiger partial charge < -0.3 is 4.74 Å². The molecule has 0 bridgehead atoms. The van der Waals surface area contributed by atoms with Crippen molar-refractivity contribution in [1.82, 2.24) is 0 Å². The maximum absolute atomic E-state index is 12.0. The number of allylic oxidation sites excluding steroid dienone is 1. The lowest BCUT2D eigenvalue weighted by atomic mass is 9.91. The van der Waals surface area contributed by atoms with Gasteiger partial charge in [-0.15, -0.1) is 11.3 Å². The van der Waals surface area contributed by atoms with E-state index in [9.17, 15) is 10.1 Å². The SMILES string of the molecule is CCCC[Si](C)(C)c1ccc(/C=C/C2=C(C#N)C(=O)OC(C)(C)C2)s1. The highest BCUT2D eigenvalue weighted by Gasteiger charge is 2.33. The first kappa shape index (κ1) is 19.7. The average Bonchev–Trinajstić information content (AvgIpc) is 2.99. The van der Waals surface area contributed by atoms with Crippen molar-refractivity contribution in [2.45, 2.75) is 64.8 Å². The second kappa shape index (κ2) is 7.71. The summed E-state index contributed by atoms with van der Waals surface area (Å²) >= 11 is 1.84. The number of unbranched alkanes of at least 4 members (excludes halogenated alkanes) is 1. The molecule has 0 aromatic carbocycles. The maximum Gasteiger partial charge on any atom is 0.349 e. The molecule has 5 heteroatoms. The zero-order valence-electron chi connectivity index (χ0n) is 15.8. The predicted molar refractivity (Wildman–Crippen MR) is 108 cm³/mol. The van der Waals surface area contributed by atoms with Crippen molar-refractivity contribution in [3.63, 3.8) is 0 Å². The van der Waals surface area contributed by atoms with Gasteiger partial charge in [-0.3, -0.25) is 0 Å². The molecule has 0 saturated heterocycles. The third-order valence-corrected chi connectivity index (χ3v) is 10.5. The van der Waals surface area contributed by atoms with E-state index in [1.807, 2.05) is 43.4 Å². The molecule has 1 aromatic heterocycles. The Morgan fingerprint density at radius 3 is 2.72 bits per heavy atom. The zero-order valence-corrected chi connectivity index (χ0v) is 17.6. The molecular weight excluding hydrogens is 346 g/mol. The van der Waals surface area contributed by atoms with Gasteiger partial charge in [-0.2, -0.15) is 5.26 Å². The summed E-state index contributed by atoms with van der Waals surface area (Å²) < 4.78 is 6.81. The summed E-state index contributed by atoms with van der Waals surface area (Å²) in [6.07, 6.45) is 7.04. The molecule has 0 atom stereocenters. The highest BCUT2D eigenvalue weighted by atomic mass is 32.1. The third-order valence-electron chi connectivity index (χ3n) is 4.52. The molecule has 0 amide bonds. The van der Waals surface area contributed by atoms with Gasteiger partial charge in [0.15, 0.2) is 0 Å². The molecule has 1 aliphatic rings. The third kappa shape index (κ3) is 4.93. The molecule has 1 aliphatic heterocycles. The molecule has 134 valence electrons. The van der Waals surface area contributed by atoms with Crippen molar-refractivity contribution in [3.05, 3.63) is 34.2 Å². The molecule has 25 heavy (non-hydrogen) atoms. The molecule has 0 spiro atoms. The number of carbonyl (C=O) groups excluding carboxylic acids is 1. The van der Waals surface area contributed by atoms with Gasteiger partial charge >= 0.3 is 5.97 Å². The quantitative estimate of drug-likeness (QED) is 0.519. The minimum atomic E-state index is -1.36. The van der Waals surface area contributed by atoms with Crippen LogP contribution in [0.2, 0.25) is 19.1 Å². The number of thiophene rings is 1. The van der Waals surface area contributed by atoms with E-state index in [2.05, 4.69) is 32.2 Å². The van der Waals surface area contributed by atoms with Gasteiger partial charge in [0, 0.05) is 11.3 Å². The van der Waals surface area contributed by atoms with Crippen LogP contribution in [0.25, 0.3) is 6.08 Å². The predicted octanol–water partition coefficient (Wildman–Crippen LogP) is 5.02. The number of esters is 1. The first-order valence-electron chi connectivity index (χ1n) is 8.83. The van der Waals surface area contributed by atoms with Crippen molar-refractivity contribution in [2.75, 3.05) is 0 Å². The molecule has 0 unspecified atom stereocenters. The van der Waals surface area contributed by atoms with Gasteiger partial charge in [0.2, 0.25) is 0 Å². The molecule has 3 nitrogen and oxygen atoms in total. The Morgan fingerprint density at radius 2 is 2.08 bits per heavy atom. The second-order valence-electron chi connectivity index (χ2n) is 7.86. The first-order valence-corrected chi connectivity index (χ1v) is 12.9. The molecule has 0 saturated carbocycles. The van der Waals surface area contributed by atoms with Crippen LogP contribution in [0.1, 0.15) is 44.9 Å². The highest BCUT2D eigenvalue weighted by molar-refractivity contribution is 7.27. The molecule has 0 fully saturated rings. The Bertz CT molecular complexity index is 750. The topological polar surface area (TPSA) is 50.1 Å². The number of nitriles is 1. The van der Waals surface area contributed by atoms with Gasteiger partial charge in [-0.25, -0.2) is 4.79 Å². The lowest BCUT2D eigenvalue weighted by molar-refractivity contribution is -0.152. The number of ether oxygens (including phenoxy) is 1. The molecule has 2 rings (SSSR count). The molecule has 0 N–H and O–H groups in total. The van der Waals surface area contributed by atoms with Gasteiger partial charge in [0.05, 0.1) is 8.07 Å².